The largest absolute Gasteiger partial charge is 0.477 e. The van der Waals surface area contributed by atoms with Gasteiger partial charge >= 0.3 is 5.97 Å². The molecule has 2 N–H and O–H groups in total. The molecule has 0 atom stereocenters. The number of ether oxygens (including phenoxy) is 2. The lowest BCUT2D eigenvalue weighted by Crippen LogP contribution is -2.06. The molecule has 0 aliphatic carbocycles. The number of carboxylic acids is 1. The number of carboxylic acid groups (broad SMARTS) is 1. The summed E-state index contributed by atoms with van der Waals surface area (Å²) < 4.78 is 10.2. The van der Waals surface area contributed by atoms with Gasteiger partial charge in [-0.05, 0) is 19.8 Å². The molecule has 0 amide bonds. The van der Waals surface area contributed by atoms with Crippen molar-refractivity contribution >= 4 is 22.4 Å². The first-order chi connectivity index (χ1) is 9.15. The Morgan fingerprint density at radius 2 is 2.16 bits per heavy atom. The van der Waals surface area contributed by atoms with E-state index >= 15 is 0 Å². The molecular formula is C12H20N2O4S. The molecule has 1 heterocycles. The highest BCUT2D eigenvalue weighted by atomic mass is 32.1. The van der Waals surface area contributed by atoms with Crippen LogP contribution in [0.3, 0.4) is 0 Å². The number of aromatic nitrogens is 1. The smallest absolute Gasteiger partial charge is 0.347 e. The number of unbranched alkanes of at least 4 members (excludes halogenated alkanes) is 1. The van der Waals surface area contributed by atoms with Crippen molar-refractivity contribution < 1.29 is 19.4 Å². The van der Waals surface area contributed by atoms with Crippen LogP contribution in [0.5, 0.6) is 0 Å². The van der Waals surface area contributed by atoms with E-state index in [1.165, 1.54) is 11.3 Å². The Kier molecular flexibility index (Phi) is 7.39. The van der Waals surface area contributed by atoms with Gasteiger partial charge in [0.05, 0.1) is 18.9 Å². The summed E-state index contributed by atoms with van der Waals surface area (Å²) in [5.74, 6) is -0.922. The molecule has 108 valence electrons. The molecule has 0 aromatic carbocycles. The molecule has 0 aliphatic rings. The van der Waals surface area contributed by atoms with Gasteiger partial charge in [-0.15, -0.1) is 0 Å². The normalized spacial score (nSPS) is 10.6. The van der Waals surface area contributed by atoms with Crippen LogP contribution >= 0.6 is 11.3 Å². The number of anilines is 1. The number of rotatable bonds is 10. The van der Waals surface area contributed by atoms with Gasteiger partial charge in [0.25, 0.3) is 0 Å². The quantitative estimate of drug-likeness (QED) is 0.641. The summed E-state index contributed by atoms with van der Waals surface area (Å²) in [4.78, 5) is 15.3. The van der Waals surface area contributed by atoms with E-state index in [-0.39, 0.29) is 0 Å². The van der Waals surface area contributed by atoms with E-state index in [1.807, 2.05) is 0 Å². The Bertz CT molecular complexity index is 395. The second-order valence-corrected chi connectivity index (χ2v) is 4.98. The van der Waals surface area contributed by atoms with Gasteiger partial charge in [-0.25, -0.2) is 9.78 Å². The first-order valence-corrected chi connectivity index (χ1v) is 6.98. The summed E-state index contributed by atoms with van der Waals surface area (Å²) >= 11 is 1.17. The summed E-state index contributed by atoms with van der Waals surface area (Å²) in [5.41, 5.74) is 0.558. The number of nitrogens with zero attached hydrogens (tertiary/aromatic N) is 1. The monoisotopic (exact) mass is 288 g/mol. The highest BCUT2D eigenvalue weighted by molar-refractivity contribution is 7.17. The van der Waals surface area contributed by atoms with Crippen LogP contribution in [0, 0.1) is 6.92 Å². The van der Waals surface area contributed by atoms with Crippen LogP contribution in [-0.4, -0.2) is 49.5 Å². The van der Waals surface area contributed by atoms with Crippen molar-refractivity contribution in [1.82, 2.24) is 4.98 Å². The van der Waals surface area contributed by atoms with Crippen LogP contribution < -0.4 is 5.32 Å². The van der Waals surface area contributed by atoms with Crippen molar-refractivity contribution in [3.63, 3.8) is 0 Å². The molecule has 0 spiro atoms. The number of nitrogens with one attached hydrogen (secondary N) is 1. The molecule has 0 aliphatic heterocycles. The number of hydrogen-bond acceptors (Lipinski definition) is 6. The summed E-state index contributed by atoms with van der Waals surface area (Å²) in [7, 11) is 1.65. The van der Waals surface area contributed by atoms with Crippen molar-refractivity contribution in [1.29, 1.82) is 0 Å². The van der Waals surface area contributed by atoms with Crippen molar-refractivity contribution in [3.05, 3.63) is 10.6 Å². The van der Waals surface area contributed by atoms with Crippen molar-refractivity contribution in [2.75, 3.05) is 38.8 Å². The van der Waals surface area contributed by atoms with E-state index in [0.717, 1.165) is 19.4 Å². The van der Waals surface area contributed by atoms with Gasteiger partial charge in [0.1, 0.15) is 4.88 Å². The molecule has 19 heavy (non-hydrogen) atoms. The van der Waals surface area contributed by atoms with Gasteiger partial charge in [-0.1, -0.05) is 11.3 Å². The molecule has 7 heteroatoms. The van der Waals surface area contributed by atoms with Gasteiger partial charge in [-0.3, -0.25) is 0 Å². The van der Waals surface area contributed by atoms with Crippen LogP contribution in [-0.2, 0) is 9.47 Å². The first-order valence-electron chi connectivity index (χ1n) is 6.16. The van der Waals surface area contributed by atoms with E-state index < -0.39 is 5.97 Å². The van der Waals surface area contributed by atoms with Crippen LogP contribution in [0.2, 0.25) is 0 Å². The zero-order valence-corrected chi connectivity index (χ0v) is 12.1. The molecule has 1 aromatic heterocycles. The standard InChI is InChI=1S/C12H20N2O4S/c1-9-10(11(15)16)19-12(14-9)13-5-3-4-6-18-8-7-17-2/h3-8H2,1-2H3,(H,13,14)(H,15,16). The number of methoxy groups -OCH3 is 1. The average Bonchev–Trinajstić information content (AvgIpc) is 2.74. The maximum absolute atomic E-state index is 10.9. The highest BCUT2D eigenvalue weighted by Crippen LogP contribution is 2.22. The molecule has 6 nitrogen and oxygen atoms in total. The van der Waals surface area contributed by atoms with Crippen molar-refractivity contribution in [3.8, 4) is 0 Å². The lowest BCUT2D eigenvalue weighted by Gasteiger charge is -2.04. The Balaban J connectivity index is 2.12. The number of carbonyl (C=O) groups is 1. The fourth-order valence-corrected chi connectivity index (χ4v) is 2.27. The van der Waals surface area contributed by atoms with Gasteiger partial charge in [-0.2, -0.15) is 0 Å². The molecule has 0 unspecified atom stereocenters. The topological polar surface area (TPSA) is 80.7 Å². The Morgan fingerprint density at radius 3 is 2.79 bits per heavy atom. The molecule has 1 aromatic rings. The third-order valence-corrected chi connectivity index (χ3v) is 3.52. The molecular weight excluding hydrogens is 268 g/mol. The molecule has 0 saturated carbocycles. The third-order valence-electron chi connectivity index (χ3n) is 2.41. The third kappa shape index (κ3) is 6.00. The maximum Gasteiger partial charge on any atom is 0.347 e. The summed E-state index contributed by atoms with van der Waals surface area (Å²) in [6.07, 6.45) is 1.90. The van der Waals surface area contributed by atoms with Crippen LogP contribution in [0.4, 0.5) is 5.13 Å². The predicted molar refractivity (Wildman–Crippen MR) is 74.2 cm³/mol. The molecule has 0 saturated heterocycles. The number of hydrogen-bond donors (Lipinski definition) is 2. The average molecular weight is 288 g/mol. The van der Waals surface area contributed by atoms with E-state index in [2.05, 4.69) is 10.3 Å². The molecule has 1 rings (SSSR count). The minimum absolute atomic E-state index is 0.297. The predicted octanol–water partition coefficient (Wildman–Crippen LogP) is 2.00. The number of aromatic carboxylic acids is 1. The minimum Gasteiger partial charge on any atom is -0.477 e. The van der Waals surface area contributed by atoms with Crippen molar-refractivity contribution in [2.24, 2.45) is 0 Å². The highest BCUT2D eigenvalue weighted by Gasteiger charge is 2.13. The summed E-state index contributed by atoms with van der Waals surface area (Å²) in [6.45, 7) is 4.42. The van der Waals surface area contributed by atoms with Gasteiger partial charge in [0.15, 0.2) is 5.13 Å². The Hall–Kier alpha value is -1.18. The SMILES string of the molecule is COCCOCCCCNc1nc(C)c(C(=O)O)s1. The fraction of sp³-hybridized carbons (Fsp3) is 0.667. The first kappa shape index (κ1) is 15.9. The van der Waals surface area contributed by atoms with E-state index in [9.17, 15) is 4.79 Å². The van der Waals surface area contributed by atoms with Crippen molar-refractivity contribution in [2.45, 2.75) is 19.8 Å². The summed E-state index contributed by atoms with van der Waals surface area (Å²) in [5, 5.41) is 12.7. The lowest BCUT2D eigenvalue weighted by atomic mass is 10.3. The Morgan fingerprint density at radius 1 is 1.37 bits per heavy atom. The molecule has 0 fully saturated rings. The van der Waals surface area contributed by atoms with E-state index in [0.29, 0.717) is 35.5 Å². The van der Waals surface area contributed by atoms with E-state index in [4.69, 9.17) is 14.6 Å². The summed E-state index contributed by atoms with van der Waals surface area (Å²) in [6, 6.07) is 0. The molecule has 0 radical (unpaired) electrons. The van der Waals surface area contributed by atoms with Crippen LogP contribution in [0.25, 0.3) is 0 Å². The van der Waals surface area contributed by atoms with Crippen LogP contribution in [0.1, 0.15) is 28.2 Å². The zero-order chi connectivity index (χ0) is 14.1. The second kappa shape index (κ2) is 8.84. The lowest BCUT2D eigenvalue weighted by molar-refractivity contribution is 0.0691. The Labute approximate surface area is 116 Å². The zero-order valence-electron chi connectivity index (χ0n) is 11.3. The van der Waals surface area contributed by atoms with Gasteiger partial charge in [0, 0.05) is 20.3 Å². The molecule has 0 bridgehead atoms. The maximum atomic E-state index is 10.9. The van der Waals surface area contributed by atoms with Gasteiger partial charge in [0.2, 0.25) is 0 Å². The second-order valence-electron chi connectivity index (χ2n) is 3.98. The van der Waals surface area contributed by atoms with Gasteiger partial charge < -0.3 is 19.9 Å². The minimum atomic E-state index is -0.922. The number of thiazole rings is 1. The van der Waals surface area contributed by atoms with Crippen LogP contribution in [0.15, 0.2) is 0 Å². The fourth-order valence-electron chi connectivity index (χ4n) is 1.44. The number of aryl methyl sites for hydroxylation is 1. The van der Waals surface area contributed by atoms with E-state index in [1.54, 1.807) is 14.0 Å².